The quantitative estimate of drug-likeness (QED) is 0.316. The van der Waals surface area contributed by atoms with Crippen LogP contribution in [-0.4, -0.2) is 11.0 Å². The predicted molar refractivity (Wildman–Crippen MR) is 135 cm³/mol. The molecular weight excluding hydrogens is 388 g/mol. The zero-order chi connectivity index (χ0) is 21.1. The van der Waals surface area contributed by atoms with Crippen LogP contribution >= 0.6 is 0 Å². The van der Waals surface area contributed by atoms with E-state index in [9.17, 15) is 0 Å². The average molecular weight is 411 g/mol. The fourth-order valence-corrected chi connectivity index (χ4v) is 5.42. The fourth-order valence-electron chi connectivity index (χ4n) is 5.42. The molecule has 7 rings (SSSR count). The first-order valence-electron chi connectivity index (χ1n) is 11.2. The van der Waals surface area contributed by atoms with Gasteiger partial charge >= 0.3 is 0 Å². The Labute approximate surface area is 187 Å². The van der Waals surface area contributed by atoms with Crippen molar-refractivity contribution in [1.29, 1.82) is 0 Å². The predicted octanol–water partition coefficient (Wildman–Crippen LogP) is 7.71. The Balaban J connectivity index is 1.35. The number of aromatic nitrogens is 1. The van der Waals surface area contributed by atoms with Gasteiger partial charge in [0.25, 0.3) is 0 Å². The van der Waals surface area contributed by atoms with Crippen molar-refractivity contribution in [3.63, 3.8) is 0 Å². The minimum Gasteiger partial charge on any atom is -0.355 e. The number of anilines is 2. The number of fused-ring (bicyclic) bond motifs is 6. The lowest BCUT2D eigenvalue weighted by Gasteiger charge is -2.29. The summed E-state index contributed by atoms with van der Waals surface area (Å²) in [5.41, 5.74) is 10.3. The van der Waals surface area contributed by atoms with Crippen LogP contribution < -0.4 is 4.90 Å². The van der Waals surface area contributed by atoms with Crippen molar-refractivity contribution in [2.45, 2.75) is 12.5 Å². The average Bonchev–Trinajstić information content (AvgIpc) is 3.39. The summed E-state index contributed by atoms with van der Waals surface area (Å²) in [4.78, 5) is 6.04. The third-order valence-electron chi connectivity index (χ3n) is 6.89. The van der Waals surface area contributed by atoms with Gasteiger partial charge in [-0.15, -0.1) is 0 Å². The lowest BCUT2D eigenvalue weighted by atomic mass is 9.89. The minimum atomic E-state index is 0.343. The van der Waals surface area contributed by atoms with E-state index < -0.39 is 0 Å². The number of nitrogens with zero attached hydrogens (tertiary/aromatic N) is 1. The van der Waals surface area contributed by atoms with Crippen LogP contribution in [0, 0.1) is 0 Å². The number of benzene rings is 4. The molecule has 1 aromatic heterocycles. The Hall–Kier alpha value is -4.04. The molecule has 152 valence electrons. The molecule has 4 aromatic carbocycles. The summed E-state index contributed by atoms with van der Waals surface area (Å²) in [5.74, 6) is 0. The van der Waals surface area contributed by atoms with Gasteiger partial charge in [0.05, 0.1) is 6.04 Å². The minimum absolute atomic E-state index is 0.343. The number of aromatic amines is 1. The molecule has 1 N–H and O–H groups in total. The maximum atomic E-state index is 3.54. The molecule has 0 fully saturated rings. The van der Waals surface area contributed by atoms with Crippen molar-refractivity contribution < 1.29 is 0 Å². The second-order valence-corrected chi connectivity index (χ2v) is 8.66. The van der Waals surface area contributed by atoms with Crippen LogP contribution in [0.1, 0.15) is 17.5 Å². The summed E-state index contributed by atoms with van der Waals surface area (Å²) in [7, 11) is 0. The number of rotatable bonds is 2. The molecule has 1 aliphatic heterocycles. The highest BCUT2D eigenvalue weighted by Gasteiger charge is 2.35. The second kappa shape index (κ2) is 6.73. The molecule has 0 saturated carbocycles. The summed E-state index contributed by atoms with van der Waals surface area (Å²) in [6.07, 6.45) is 5.81. The van der Waals surface area contributed by atoms with Gasteiger partial charge in [0, 0.05) is 38.7 Å². The second-order valence-electron chi connectivity index (χ2n) is 8.66. The molecule has 1 unspecified atom stereocenters. The number of nitrogens with one attached hydrogen (secondary N) is 1. The van der Waals surface area contributed by atoms with Crippen LogP contribution in [0.4, 0.5) is 11.4 Å². The molecule has 0 saturated heterocycles. The Bertz CT molecular complexity index is 1550. The third-order valence-corrected chi connectivity index (χ3v) is 6.89. The van der Waals surface area contributed by atoms with Crippen LogP contribution in [0.2, 0.25) is 0 Å². The summed E-state index contributed by atoms with van der Waals surface area (Å²) in [5, 5.41) is 2.57. The normalized spacial score (nSPS) is 17.2. The molecule has 2 nitrogen and oxygen atoms in total. The van der Waals surface area contributed by atoms with E-state index in [4.69, 9.17) is 0 Å². The van der Waals surface area contributed by atoms with Crippen molar-refractivity contribution in [3.05, 3.63) is 120 Å². The highest BCUT2D eigenvalue weighted by molar-refractivity contribution is 6.08. The summed E-state index contributed by atoms with van der Waals surface area (Å²) in [6, 6.07) is 35.3. The standard InChI is InChI=1S/C30H22N2/c1-2-8-22(9-3-1)32-29-13-7-5-11-24(29)26-19-21(15-17-30(26)32)20-14-16-28-25(18-20)23-10-4-6-12-27(23)31-28/h1-16,18-19,30-31H,17H2. The van der Waals surface area contributed by atoms with Gasteiger partial charge in [-0.05, 0) is 65.6 Å². The largest absolute Gasteiger partial charge is 0.355 e. The number of para-hydroxylation sites is 3. The van der Waals surface area contributed by atoms with Crippen LogP contribution in [0.5, 0.6) is 0 Å². The Morgan fingerprint density at radius 3 is 2.44 bits per heavy atom. The highest BCUT2D eigenvalue weighted by Crippen LogP contribution is 2.48. The lowest BCUT2D eigenvalue weighted by Crippen LogP contribution is -2.27. The van der Waals surface area contributed by atoms with Gasteiger partial charge in [-0.3, -0.25) is 0 Å². The van der Waals surface area contributed by atoms with Crippen molar-refractivity contribution in [1.82, 2.24) is 4.98 Å². The van der Waals surface area contributed by atoms with E-state index in [1.807, 2.05) is 0 Å². The third kappa shape index (κ3) is 2.53. The van der Waals surface area contributed by atoms with Gasteiger partial charge in [0.2, 0.25) is 0 Å². The molecular formula is C30H22N2. The lowest BCUT2D eigenvalue weighted by molar-refractivity contribution is 0.831. The topological polar surface area (TPSA) is 19.0 Å². The zero-order valence-electron chi connectivity index (χ0n) is 17.6. The van der Waals surface area contributed by atoms with Crippen LogP contribution in [-0.2, 0) is 0 Å². The molecule has 1 atom stereocenters. The SMILES string of the molecule is C1=C(c2ccc3[nH]c4ccccc4c3c2)C=C2c3ccccc3N(c3ccccc3)C2C1. The van der Waals surface area contributed by atoms with Crippen molar-refractivity contribution in [2.24, 2.45) is 0 Å². The van der Waals surface area contributed by atoms with Gasteiger partial charge in [0.1, 0.15) is 0 Å². The van der Waals surface area contributed by atoms with E-state index in [0.29, 0.717) is 6.04 Å². The molecule has 32 heavy (non-hydrogen) atoms. The molecule has 0 spiro atoms. The molecule has 2 heteroatoms. The zero-order valence-corrected chi connectivity index (χ0v) is 17.6. The molecule has 2 aliphatic rings. The van der Waals surface area contributed by atoms with Crippen molar-refractivity contribution in [3.8, 4) is 0 Å². The van der Waals surface area contributed by atoms with E-state index in [1.54, 1.807) is 0 Å². The molecule has 0 amide bonds. The Morgan fingerprint density at radius 1 is 0.719 bits per heavy atom. The van der Waals surface area contributed by atoms with Crippen LogP contribution in [0.25, 0.3) is 33.0 Å². The van der Waals surface area contributed by atoms with Crippen molar-refractivity contribution >= 4 is 44.3 Å². The van der Waals surface area contributed by atoms with Gasteiger partial charge in [0.15, 0.2) is 0 Å². The van der Waals surface area contributed by atoms with Gasteiger partial charge in [-0.2, -0.15) is 0 Å². The van der Waals surface area contributed by atoms with Gasteiger partial charge in [-0.1, -0.05) is 66.7 Å². The first kappa shape index (κ1) is 17.6. The number of H-pyrrole nitrogens is 1. The van der Waals surface area contributed by atoms with E-state index in [2.05, 4.69) is 119 Å². The molecule has 0 radical (unpaired) electrons. The Morgan fingerprint density at radius 2 is 1.50 bits per heavy atom. The number of hydrogen-bond acceptors (Lipinski definition) is 1. The molecule has 0 bridgehead atoms. The summed E-state index contributed by atoms with van der Waals surface area (Å²) >= 11 is 0. The number of hydrogen-bond donors (Lipinski definition) is 1. The van der Waals surface area contributed by atoms with Gasteiger partial charge < -0.3 is 9.88 Å². The first-order valence-corrected chi connectivity index (χ1v) is 11.2. The van der Waals surface area contributed by atoms with Crippen LogP contribution in [0.3, 0.4) is 0 Å². The highest BCUT2D eigenvalue weighted by atomic mass is 15.2. The molecule has 1 aliphatic carbocycles. The fraction of sp³-hybridized carbons (Fsp3) is 0.0667. The maximum absolute atomic E-state index is 3.54. The summed E-state index contributed by atoms with van der Waals surface area (Å²) < 4.78 is 0. The van der Waals surface area contributed by atoms with Gasteiger partial charge in [-0.25, -0.2) is 0 Å². The van der Waals surface area contributed by atoms with Crippen LogP contribution in [0.15, 0.2) is 109 Å². The summed E-state index contributed by atoms with van der Waals surface area (Å²) in [6.45, 7) is 0. The van der Waals surface area contributed by atoms with E-state index in [0.717, 1.165) is 6.42 Å². The van der Waals surface area contributed by atoms with E-state index in [-0.39, 0.29) is 0 Å². The smallest absolute Gasteiger partial charge is 0.0633 e. The van der Waals surface area contributed by atoms with E-state index in [1.165, 1.54) is 55.5 Å². The monoisotopic (exact) mass is 410 g/mol. The van der Waals surface area contributed by atoms with Crippen molar-refractivity contribution in [2.75, 3.05) is 4.90 Å². The molecule has 2 heterocycles. The first-order chi connectivity index (χ1) is 15.9. The number of allylic oxidation sites excluding steroid dienone is 2. The Kier molecular flexibility index (Phi) is 3.71. The van der Waals surface area contributed by atoms with E-state index >= 15 is 0 Å². The molecule has 5 aromatic rings. The maximum Gasteiger partial charge on any atom is 0.0633 e.